The van der Waals surface area contributed by atoms with Gasteiger partial charge in [0.05, 0.1) is 7.11 Å². The van der Waals surface area contributed by atoms with Crippen LogP contribution in [0, 0.1) is 0 Å². The van der Waals surface area contributed by atoms with Gasteiger partial charge >= 0.3 is 0 Å². The maximum atomic E-state index is 11.1. The fraction of sp³-hybridized carbons (Fsp3) is 0.500. The van der Waals surface area contributed by atoms with Crippen molar-refractivity contribution in [1.29, 1.82) is 0 Å². The molecule has 1 saturated heterocycles. The molecule has 0 bridgehead atoms. The molecule has 18 heavy (non-hydrogen) atoms. The van der Waals surface area contributed by atoms with Crippen molar-refractivity contribution in [2.24, 2.45) is 0 Å². The maximum Gasteiger partial charge on any atom is 0.150 e. The average Bonchev–Trinajstić information content (AvgIpc) is 2.41. The molecule has 1 aromatic rings. The van der Waals surface area contributed by atoms with Crippen LogP contribution in [0.25, 0.3) is 0 Å². The van der Waals surface area contributed by atoms with Crippen molar-refractivity contribution in [2.45, 2.75) is 6.54 Å². The number of benzene rings is 1. The summed E-state index contributed by atoms with van der Waals surface area (Å²) in [7, 11) is 3.79. The highest BCUT2D eigenvalue weighted by atomic mass is 16.5. The van der Waals surface area contributed by atoms with Crippen molar-refractivity contribution in [2.75, 3.05) is 40.3 Å². The first kappa shape index (κ1) is 13.1. The van der Waals surface area contributed by atoms with Crippen LogP contribution in [-0.2, 0) is 6.54 Å². The first-order valence-corrected chi connectivity index (χ1v) is 6.26. The third-order valence-corrected chi connectivity index (χ3v) is 3.47. The summed E-state index contributed by atoms with van der Waals surface area (Å²) >= 11 is 0. The van der Waals surface area contributed by atoms with Crippen LogP contribution in [0.1, 0.15) is 15.9 Å². The lowest BCUT2D eigenvalue weighted by atomic mass is 10.1. The third kappa shape index (κ3) is 3.09. The van der Waals surface area contributed by atoms with E-state index in [9.17, 15) is 4.79 Å². The summed E-state index contributed by atoms with van der Waals surface area (Å²) in [6.45, 7) is 5.08. The number of hydrogen-bond acceptors (Lipinski definition) is 4. The molecule has 0 spiro atoms. The van der Waals surface area contributed by atoms with Gasteiger partial charge in [0.15, 0.2) is 0 Å². The number of nitrogens with zero attached hydrogens (tertiary/aromatic N) is 2. The number of aldehydes is 1. The minimum atomic E-state index is 0.759. The molecule has 0 atom stereocenters. The Bertz CT molecular complexity index is 412. The first-order valence-electron chi connectivity index (χ1n) is 6.26. The fourth-order valence-electron chi connectivity index (χ4n) is 2.21. The number of rotatable bonds is 4. The molecular weight excluding hydrogens is 228 g/mol. The van der Waals surface area contributed by atoms with Gasteiger partial charge in [0, 0.05) is 38.3 Å². The highest BCUT2D eigenvalue weighted by Crippen LogP contribution is 2.18. The molecule has 0 saturated carbocycles. The smallest absolute Gasteiger partial charge is 0.150 e. The quantitative estimate of drug-likeness (QED) is 0.751. The molecule has 1 fully saturated rings. The van der Waals surface area contributed by atoms with Crippen LogP contribution in [0.4, 0.5) is 0 Å². The van der Waals surface area contributed by atoms with Crippen LogP contribution in [0.2, 0.25) is 0 Å². The van der Waals surface area contributed by atoms with E-state index in [1.807, 2.05) is 18.2 Å². The molecule has 1 aromatic carbocycles. The van der Waals surface area contributed by atoms with Gasteiger partial charge in [-0.2, -0.15) is 0 Å². The van der Waals surface area contributed by atoms with Gasteiger partial charge < -0.3 is 9.64 Å². The highest BCUT2D eigenvalue weighted by Gasteiger charge is 2.15. The number of methoxy groups -OCH3 is 1. The number of hydrogen-bond donors (Lipinski definition) is 0. The monoisotopic (exact) mass is 248 g/mol. The van der Waals surface area contributed by atoms with Gasteiger partial charge in [-0.05, 0) is 30.8 Å². The molecular formula is C14H20N2O2. The van der Waals surface area contributed by atoms with Crippen molar-refractivity contribution in [3.8, 4) is 5.75 Å². The topological polar surface area (TPSA) is 32.8 Å². The van der Waals surface area contributed by atoms with E-state index < -0.39 is 0 Å². The van der Waals surface area contributed by atoms with Crippen LogP contribution in [0.3, 0.4) is 0 Å². The summed E-state index contributed by atoms with van der Waals surface area (Å²) in [6.07, 6.45) is 0.921. The van der Waals surface area contributed by atoms with E-state index in [4.69, 9.17) is 4.74 Å². The number of carbonyl (C=O) groups excluding carboxylic acids is 1. The molecule has 0 N–H and O–H groups in total. The average molecular weight is 248 g/mol. The summed E-state index contributed by atoms with van der Waals surface area (Å²) < 4.78 is 5.22. The van der Waals surface area contributed by atoms with Crippen molar-refractivity contribution in [1.82, 2.24) is 9.80 Å². The van der Waals surface area contributed by atoms with E-state index in [1.54, 1.807) is 7.11 Å². The van der Waals surface area contributed by atoms with Crippen LogP contribution >= 0.6 is 0 Å². The second kappa shape index (κ2) is 5.98. The molecule has 0 radical (unpaired) electrons. The van der Waals surface area contributed by atoms with E-state index in [0.717, 1.165) is 55.9 Å². The molecule has 4 heteroatoms. The number of likely N-dealkylation sites (N-methyl/N-ethyl adjacent to an activating group) is 1. The molecule has 0 aliphatic carbocycles. The Morgan fingerprint density at radius 3 is 2.61 bits per heavy atom. The van der Waals surface area contributed by atoms with Gasteiger partial charge in [0.2, 0.25) is 0 Å². The fourth-order valence-corrected chi connectivity index (χ4v) is 2.21. The Labute approximate surface area is 108 Å². The van der Waals surface area contributed by atoms with E-state index in [-0.39, 0.29) is 0 Å². The summed E-state index contributed by atoms with van der Waals surface area (Å²) in [5, 5.41) is 0. The molecule has 1 aliphatic rings. The van der Waals surface area contributed by atoms with E-state index in [0.29, 0.717) is 0 Å². The second-order valence-corrected chi connectivity index (χ2v) is 4.76. The number of carbonyl (C=O) groups is 1. The summed E-state index contributed by atoms with van der Waals surface area (Å²) in [6, 6.07) is 5.62. The second-order valence-electron chi connectivity index (χ2n) is 4.76. The predicted molar refractivity (Wildman–Crippen MR) is 71.2 cm³/mol. The zero-order chi connectivity index (χ0) is 13.0. The Morgan fingerprint density at radius 2 is 2.00 bits per heavy atom. The van der Waals surface area contributed by atoms with Gasteiger partial charge in [0.1, 0.15) is 12.0 Å². The van der Waals surface area contributed by atoms with Gasteiger partial charge in [-0.1, -0.05) is 0 Å². The van der Waals surface area contributed by atoms with Crippen LogP contribution in [0.5, 0.6) is 5.75 Å². The number of piperazine rings is 1. The largest absolute Gasteiger partial charge is 0.497 e. The summed E-state index contributed by atoms with van der Waals surface area (Å²) in [5.41, 5.74) is 1.81. The molecule has 4 nitrogen and oxygen atoms in total. The third-order valence-electron chi connectivity index (χ3n) is 3.47. The van der Waals surface area contributed by atoms with Gasteiger partial charge in [-0.3, -0.25) is 9.69 Å². The molecule has 1 heterocycles. The molecule has 98 valence electrons. The van der Waals surface area contributed by atoms with Gasteiger partial charge in [-0.25, -0.2) is 0 Å². The lowest BCUT2D eigenvalue weighted by molar-refractivity contribution is 0.111. The first-order chi connectivity index (χ1) is 8.72. The molecule has 0 unspecified atom stereocenters. The molecule has 1 aliphatic heterocycles. The Kier molecular flexibility index (Phi) is 4.33. The standard InChI is InChI=1S/C14H20N2O2/c1-15-5-7-16(8-6-15)10-13-9-14(18-2)4-3-12(13)11-17/h3-4,9,11H,5-8,10H2,1-2H3. The zero-order valence-electron chi connectivity index (χ0n) is 11.1. The summed E-state index contributed by atoms with van der Waals surface area (Å²) in [5.74, 6) is 0.810. The predicted octanol–water partition coefficient (Wildman–Crippen LogP) is 1.26. The molecule has 2 rings (SSSR count). The van der Waals surface area contributed by atoms with Crippen molar-refractivity contribution in [3.05, 3.63) is 29.3 Å². The normalized spacial score (nSPS) is 17.7. The Morgan fingerprint density at radius 1 is 1.28 bits per heavy atom. The highest BCUT2D eigenvalue weighted by molar-refractivity contribution is 5.77. The zero-order valence-corrected chi connectivity index (χ0v) is 11.1. The lowest BCUT2D eigenvalue weighted by Crippen LogP contribution is -2.44. The number of ether oxygens (including phenoxy) is 1. The van der Waals surface area contributed by atoms with Crippen LogP contribution < -0.4 is 4.74 Å². The van der Waals surface area contributed by atoms with Gasteiger partial charge in [-0.15, -0.1) is 0 Å². The van der Waals surface area contributed by atoms with Crippen LogP contribution in [-0.4, -0.2) is 56.4 Å². The van der Waals surface area contributed by atoms with E-state index >= 15 is 0 Å². The van der Waals surface area contributed by atoms with Crippen LogP contribution in [0.15, 0.2) is 18.2 Å². The van der Waals surface area contributed by atoms with E-state index in [1.165, 1.54) is 0 Å². The SMILES string of the molecule is COc1ccc(C=O)c(CN2CCN(C)CC2)c1. The maximum absolute atomic E-state index is 11.1. The minimum Gasteiger partial charge on any atom is -0.497 e. The molecule has 0 amide bonds. The van der Waals surface area contributed by atoms with Crippen molar-refractivity contribution < 1.29 is 9.53 Å². The minimum absolute atomic E-state index is 0.759. The molecule has 0 aromatic heterocycles. The van der Waals surface area contributed by atoms with Crippen molar-refractivity contribution in [3.63, 3.8) is 0 Å². The van der Waals surface area contributed by atoms with Crippen molar-refractivity contribution >= 4 is 6.29 Å². The van der Waals surface area contributed by atoms with Gasteiger partial charge in [0.25, 0.3) is 0 Å². The Hall–Kier alpha value is -1.39. The Balaban J connectivity index is 2.09. The van der Waals surface area contributed by atoms with E-state index in [2.05, 4.69) is 16.8 Å². The lowest BCUT2D eigenvalue weighted by Gasteiger charge is -2.32. The summed E-state index contributed by atoms with van der Waals surface area (Å²) in [4.78, 5) is 15.8.